The van der Waals surface area contributed by atoms with Crippen LogP contribution in [-0.4, -0.2) is 7.11 Å². The third kappa shape index (κ3) is 3.81. The molecule has 5 heteroatoms. The van der Waals surface area contributed by atoms with Crippen LogP contribution in [0.4, 0.5) is 4.39 Å². The quantitative estimate of drug-likeness (QED) is 0.810. The molecule has 2 nitrogen and oxygen atoms in total. The number of methoxy groups -OCH3 is 1. The first kappa shape index (κ1) is 15.5. The molecule has 0 saturated heterocycles. The number of rotatable bonds is 4. The molecule has 0 bridgehead atoms. The fourth-order valence-corrected chi connectivity index (χ4v) is 3.08. The van der Waals surface area contributed by atoms with Crippen molar-refractivity contribution >= 4 is 31.9 Å². The lowest BCUT2D eigenvalue weighted by atomic mass is 9.99. The highest BCUT2D eigenvalue weighted by Crippen LogP contribution is 2.29. The van der Waals surface area contributed by atoms with Crippen molar-refractivity contribution in [2.45, 2.75) is 12.5 Å². The Labute approximate surface area is 134 Å². The first-order valence-electron chi connectivity index (χ1n) is 6.03. The molecule has 2 aromatic rings. The van der Waals surface area contributed by atoms with Crippen molar-refractivity contribution in [2.24, 2.45) is 5.73 Å². The summed E-state index contributed by atoms with van der Waals surface area (Å²) in [7, 11) is 1.61. The van der Waals surface area contributed by atoms with E-state index in [2.05, 4.69) is 31.9 Å². The van der Waals surface area contributed by atoms with Crippen LogP contribution in [0.2, 0.25) is 0 Å². The Kier molecular flexibility index (Phi) is 5.18. The molecule has 0 amide bonds. The van der Waals surface area contributed by atoms with E-state index in [0.29, 0.717) is 10.9 Å². The van der Waals surface area contributed by atoms with Gasteiger partial charge >= 0.3 is 0 Å². The van der Waals surface area contributed by atoms with E-state index in [-0.39, 0.29) is 11.9 Å². The predicted molar refractivity (Wildman–Crippen MR) is 85.4 cm³/mol. The lowest BCUT2D eigenvalue weighted by Gasteiger charge is -2.15. The average molecular weight is 403 g/mol. The fraction of sp³-hybridized carbons (Fsp3) is 0.200. The van der Waals surface area contributed by atoms with Crippen molar-refractivity contribution in [2.75, 3.05) is 7.11 Å². The van der Waals surface area contributed by atoms with Gasteiger partial charge in [0.15, 0.2) is 0 Å². The Morgan fingerprint density at radius 3 is 2.60 bits per heavy atom. The maximum Gasteiger partial charge on any atom is 0.124 e. The van der Waals surface area contributed by atoms with Crippen molar-refractivity contribution in [3.63, 3.8) is 0 Å². The van der Waals surface area contributed by atoms with Crippen molar-refractivity contribution in [3.8, 4) is 5.75 Å². The summed E-state index contributed by atoms with van der Waals surface area (Å²) in [4.78, 5) is 0. The molecule has 2 N–H and O–H groups in total. The summed E-state index contributed by atoms with van der Waals surface area (Å²) in [5.41, 5.74) is 8.01. The highest BCUT2D eigenvalue weighted by atomic mass is 79.9. The molecule has 0 aromatic heterocycles. The lowest BCUT2D eigenvalue weighted by Crippen LogP contribution is -2.14. The van der Waals surface area contributed by atoms with E-state index < -0.39 is 0 Å². The highest BCUT2D eigenvalue weighted by molar-refractivity contribution is 9.10. The molecule has 20 heavy (non-hydrogen) atoms. The van der Waals surface area contributed by atoms with E-state index >= 15 is 0 Å². The fourth-order valence-electron chi connectivity index (χ4n) is 2.03. The molecule has 1 unspecified atom stereocenters. The monoisotopic (exact) mass is 401 g/mol. The van der Waals surface area contributed by atoms with Crippen LogP contribution in [0.5, 0.6) is 5.75 Å². The van der Waals surface area contributed by atoms with Gasteiger partial charge in [-0.25, -0.2) is 4.39 Å². The van der Waals surface area contributed by atoms with Crippen LogP contribution in [0.3, 0.4) is 0 Å². The summed E-state index contributed by atoms with van der Waals surface area (Å²) >= 11 is 6.77. The average Bonchev–Trinajstić information content (AvgIpc) is 2.37. The zero-order valence-corrected chi connectivity index (χ0v) is 14.0. The molecule has 0 saturated carbocycles. The maximum atomic E-state index is 13.4. The molecule has 2 aromatic carbocycles. The summed E-state index contributed by atoms with van der Waals surface area (Å²) in [5, 5.41) is 0. The molecule has 0 radical (unpaired) electrons. The standard InChI is InChI=1S/C15H14Br2FNO/c1-20-12-2-3-14(17)13(8-12)15(19)6-9-4-10(16)7-11(18)5-9/h2-5,7-8,15H,6,19H2,1H3. The molecular weight excluding hydrogens is 389 g/mol. The summed E-state index contributed by atoms with van der Waals surface area (Å²) < 4.78 is 20.2. The largest absolute Gasteiger partial charge is 0.497 e. The first-order chi connectivity index (χ1) is 9.49. The number of hydrogen-bond acceptors (Lipinski definition) is 2. The van der Waals surface area contributed by atoms with Gasteiger partial charge in [-0.05, 0) is 53.9 Å². The Morgan fingerprint density at radius 1 is 1.20 bits per heavy atom. The smallest absolute Gasteiger partial charge is 0.124 e. The lowest BCUT2D eigenvalue weighted by molar-refractivity contribution is 0.413. The number of halogens is 3. The minimum atomic E-state index is -0.272. The van der Waals surface area contributed by atoms with Crippen LogP contribution in [0, 0.1) is 5.82 Å². The van der Waals surface area contributed by atoms with E-state index in [1.165, 1.54) is 12.1 Å². The van der Waals surface area contributed by atoms with Crippen molar-refractivity contribution in [1.82, 2.24) is 0 Å². The second-order valence-electron chi connectivity index (χ2n) is 4.48. The molecule has 0 heterocycles. The van der Waals surface area contributed by atoms with Gasteiger partial charge in [-0.3, -0.25) is 0 Å². The number of benzene rings is 2. The Balaban J connectivity index is 2.25. The van der Waals surface area contributed by atoms with E-state index in [1.807, 2.05) is 24.3 Å². The van der Waals surface area contributed by atoms with Crippen LogP contribution in [0.15, 0.2) is 45.3 Å². The number of hydrogen-bond donors (Lipinski definition) is 1. The van der Waals surface area contributed by atoms with Crippen molar-refractivity contribution in [1.29, 1.82) is 0 Å². The number of nitrogens with two attached hydrogens (primary N) is 1. The maximum absolute atomic E-state index is 13.4. The molecule has 1 atom stereocenters. The second kappa shape index (κ2) is 6.70. The number of ether oxygens (including phenoxy) is 1. The molecule has 106 valence electrons. The van der Waals surface area contributed by atoms with Gasteiger partial charge in [0.2, 0.25) is 0 Å². The summed E-state index contributed by atoms with van der Waals surface area (Å²) in [6.45, 7) is 0. The summed E-state index contributed by atoms with van der Waals surface area (Å²) in [5.74, 6) is 0.477. The molecule has 0 spiro atoms. The predicted octanol–water partition coefficient (Wildman–Crippen LogP) is 4.60. The van der Waals surface area contributed by atoms with E-state index in [0.717, 1.165) is 21.3 Å². The Morgan fingerprint density at radius 2 is 1.95 bits per heavy atom. The first-order valence-corrected chi connectivity index (χ1v) is 7.62. The van der Waals surface area contributed by atoms with Crippen LogP contribution in [0.25, 0.3) is 0 Å². The van der Waals surface area contributed by atoms with Gasteiger partial charge in [0.1, 0.15) is 11.6 Å². The van der Waals surface area contributed by atoms with Crippen LogP contribution in [-0.2, 0) is 6.42 Å². The van der Waals surface area contributed by atoms with Crippen molar-refractivity contribution in [3.05, 3.63) is 62.3 Å². The van der Waals surface area contributed by atoms with Gasteiger partial charge in [0, 0.05) is 15.0 Å². The topological polar surface area (TPSA) is 35.2 Å². The zero-order chi connectivity index (χ0) is 14.7. The van der Waals surface area contributed by atoms with Gasteiger partial charge in [-0.15, -0.1) is 0 Å². The van der Waals surface area contributed by atoms with E-state index in [1.54, 1.807) is 7.11 Å². The normalized spacial score (nSPS) is 12.2. The van der Waals surface area contributed by atoms with Gasteiger partial charge < -0.3 is 10.5 Å². The van der Waals surface area contributed by atoms with Crippen LogP contribution in [0.1, 0.15) is 17.2 Å². The minimum absolute atomic E-state index is 0.242. The Bertz CT molecular complexity index is 599. The molecule has 2 rings (SSSR count). The molecule has 0 fully saturated rings. The van der Waals surface area contributed by atoms with Gasteiger partial charge in [-0.1, -0.05) is 31.9 Å². The third-order valence-corrected chi connectivity index (χ3v) is 4.16. The van der Waals surface area contributed by atoms with E-state index in [4.69, 9.17) is 10.5 Å². The van der Waals surface area contributed by atoms with Gasteiger partial charge in [0.05, 0.1) is 7.11 Å². The third-order valence-electron chi connectivity index (χ3n) is 2.98. The molecular formula is C15H14Br2FNO. The van der Waals surface area contributed by atoms with Gasteiger partial charge in [-0.2, -0.15) is 0 Å². The van der Waals surface area contributed by atoms with Crippen molar-refractivity contribution < 1.29 is 9.13 Å². The summed E-state index contributed by atoms with van der Waals surface area (Å²) in [6.07, 6.45) is 0.544. The highest BCUT2D eigenvalue weighted by Gasteiger charge is 2.13. The van der Waals surface area contributed by atoms with E-state index in [9.17, 15) is 4.39 Å². The van der Waals surface area contributed by atoms with Crippen LogP contribution < -0.4 is 10.5 Å². The second-order valence-corrected chi connectivity index (χ2v) is 6.25. The zero-order valence-electron chi connectivity index (χ0n) is 10.9. The molecule has 0 aliphatic rings. The molecule has 0 aliphatic carbocycles. The Hall–Kier alpha value is -0.910. The van der Waals surface area contributed by atoms with Crippen LogP contribution >= 0.6 is 31.9 Å². The molecule has 0 aliphatic heterocycles. The minimum Gasteiger partial charge on any atom is -0.497 e. The summed E-state index contributed by atoms with van der Waals surface area (Å²) in [6, 6.07) is 10.2. The van der Waals surface area contributed by atoms with Gasteiger partial charge in [0.25, 0.3) is 0 Å². The SMILES string of the molecule is COc1ccc(Br)c(C(N)Cc2cc(F)cc(Br)c2)c1.